The summed E-state index contributed by atoms with van der Waals surface area (Å²) in [4.78, 5) is 10.6. The number of rotatable bonds is 4. The van der Waals surface area contributed by atoms with Gasteiger partial charge in [0.05, 0.1) is 22.6 Å². The summed E-state index contributed by atoms with van der Waals surface area (Å²) in [7, 11) is 0. The summed E-state index contributed by atoms with van der Waals surface area (Å²) in [5.41, 5.74) is -0.313. The van der Waals surface area contributed by atoms with Crippen molar-refractivity contribution in [1.82, 2.24) is 15.0 Å². The van der Waals surface area contributed by atoms with Crippen LogP contribution in [-0.2, 0) is 17.5 Å². The normalized spacial score (nSPS) is 11.3. The number of hydrogen-bond donors (Lipinski definition) is 0. The molecule has 1 aromatic heterocycles. The molecule has 1 heterocycles. The van der Waals surface area contributed by atoms with Gasteiger partial charge in [-0.25, -0.2) is 9.07 Å². The van der Waals surface area contributed by atoms with Crippen molar-refractivity contribution in [3.05, 3.63) is 46.7 Å². The molecule has 0 aliphatic heterocycles. The lowest BCUT2D eigenvalue weighted by Crippen LogP contribution is -2.06. The summed E-state index contributed by atoms with van der Waals surface area (Å²) < 4.78 is 58.5. The lowest BCUT2D eigenvalue weighted by molar-refractivity contribution is -0.137. The van der Waals surface area contributed by atoms with Crippen LogP contribution in [0.3, 0.4) is 0 Å². The van der Waals surface area contributed by atoms with Crippen LogP contribution in [0.4, 0.5) is 17.6 Å². The minimum absolute atomic E-state index is 0. The van der Waals surface area contributed by atoms with Gasteiger partial charge in [0.25, 0.3) is 0 Å². The van der Waals surface area contributed by atoms with E-state index in [1.54, 1.807) is 0 Å². The average Bonchev–Trinajstić information content (AvgIpc) is 2.93. The second-order valence-electron chi connectivity index (χ2n) is 4.96. The molecule has 0 fully saturated rings. The minimum Gasteiger partial charge on any atom is -0.453 e. The van der Waals surface area contributed by atoms with E-state index in [0.29, 0.717) is 29.5 Å². The maximum atomic E-state index is 14.0. The number of ether oxygens (including phenoxy) is 1. The van der Waals surface area contributed by atoms with Gasteiger partial charge >= 0.3 is 6.18 Å². The lowest BCUT2D eigenvalue weighted by Gasteiger charge is -2.12. The third kappa shape index (κ3) is 3.77. The van der Waals surface area contributed by atoms with Crippen molar-refractivity contribution in [3.63, 3.8) is 0 Å². The van der Waals surface area contributed by atoms with E-state index in [4.69, 9.17) is 16.3 Å². The van der Waals surface area contributed by atoms with Gasteiger partial charge in [-0.3, -0.25) is 0 Å². The topological polar surface area (TPSA) is 57.0 Å². The van der Waals surface area contributed by atoms with Crippen LogP contribution in [0.5, 0.6) is 11.5 Å². The van der Waals surface area contributed by atoms with E-state index < -0.39 is 28.3 Å². The molecular formula is C16H12ClF4N3O2. The second kappa shape index (κ2) is 7.28. The molecule has 0 amide bonds. The van der Waals surface area contributed by atoms with Crippen molar-refractivity contribution in [2.75, 3.05) is 0 Å². The van der Waals surface area contributed by atoms with Crippen molar-refractivity contribution in [1.29, 1.82) is 0 Å². The number of nitrogens with zero attached hydrogens (tertiary/aromatic N) is 3. The van der Waals surface area contributed by atoms with Gasteiger partial charge in [0.2, 0.25) is 0 Å². The molecule has 0 atom stereocenters. The van der Waals surface area contributed by atoms with E-state index >= 15 is 0 Å². The van der Waals surface area contributed by atoms with Gasteiger partial charge in [-0.05, 0) is 24.3 Å². The molecule has 0 aliphatic carbocycles. The van der Waals surface area contributed by atoms with E-state index in [1.807, 2.05) is 0 Å². The highest BCUT2D eigenvalue weighted by molar-refractivity contribution is 6.32. The van der Waals surface area contributed by atoms with Crippen LogP contribution in [0, 0.1) is 5.82 Å². The largest absolute Gasteiger partial charge is 0.453 e. The fraction of sp³-hybridized carbons (Fsp3) is 0.188. The summed E-state index contributed by atoms with van der Waals surface area (Å²) in [6.45, 7) is -0.0463. The maximum absolute atomic E-state index is 14.0. The number of carbonyl (C=O) groups excluding carboxylic acids is 1. The fourth-order valence-corrected chi connectivity index (χ4v) is 2.40. The molecule has 2 aromatic carbocycles. The van der Waals surface area contributed by atoms with Crippen LogP contribution in [0.25, 0.3) is 11.0 Å². The molecule has 10 heteroatoms. The first kappa shape index (κ1) is 19.6. The van der Waals surface area contributed by atoms with Crippen molar-refractivity contribution in [2.24, 2.45) is 0 Å². The van der Waals surface area contributed by atoms with Gasteiger partial charge in [0.1, 0.15) is 17.6 Å². The molecule has 0 radical (unpaired) electrons. The van der Waals surface area contributed by atoms with Gasteiger partial charge in [-0.2, -0.15) is 13.2 Å². The highest BCUT2D eigenvalue weighted by Gasteiger charge is 2.32. The van der Waals surface area contributed by atoms with Crippen LogP contribution >= 0.6 is 11.6 Å². The number of hydrogen-bond acceptors (Lipinski definition) is 4. The smallest absolute Gasteiger partial charge is 0.416 e. The van der Waals surface area contributed by atoms with Gasteiger partial charge < -0.3 is 9.53 Å². The SMILES string of the molecule is C.O=CCn1nnc2ccc(Oc3c(F)cc(C(F)(F)F)cc3Cl)cc21. The Kier molecular flexibility index (Phi) is 5.50. The number of alkyl halides is 3. The Morgan fingerprint density at radius 1 is 1.23 bits per heavy atom. The van der Waals surface area contributed by atoms with E-state index in [1.165, 1.54) is 22.9 Å². The Labute approximate surface area is 150 Å². The number of carbonyl (C=O) groups is 1. The monoisotopic (exact) mass is 389 g/mol. The standard InChI is InChI=1S/C15H8ClF4N3O2.CH4/c16-10-5-8(15(18,19)20)6-11(17)14(10)25-9-1-2-12-13(7-9)23(3-4-24)22-21-12;/h1-2,4-7H,3H2;1H4. The molecule has 5 nitrogen and oxygen atoms in total. The van der Waals surface area contributed by atoms with Crippen LogP contribution in [-0.4, -0.2) is 21.3 Å². The van der Waals surface area contributed by atoms with E-state index in [-0.39, 0.29) is 19.7 Å². The van der Waals surface area contributed by atoms with Crippen LogP contribution < -0.4 is 4.74 Å². The Hall–Kier alpha value is -2.68. The van der Waals surface area contributed by atoms with Gasteiger partial charge in [0.15, 0.2) is 11.6 Å². The lowest BCUT2D eigenvalue weighted by atomic mass is 10.2. The summed E-state index contributed by atoms with van der Waals surface area (Å²) in [6, 6.07) is 5.24. The molecule has 3 aromatic rings. The molecule has 0 saturated heterocycles. The molecule has 26 heavy (non-hydrogen) atoms. The molecule has 0 unspecified atom stereocenters. The Bertz CT molecular complexity index is 933. The van der Waals surface area contributed by atoms with E-state index in [9.17, 15) is 22.4 Å². The average molecular weight is 390 g/mol. The first-order valence-electron chi connectivity index (χ1n) is 6.80. The highest BCUT2D eigenvalue weighted by Crippen LogP contribution is 2.38. The predicted octanol–water partition coefficient (Wildman–Crippen LogP) is 4.87. The summed E-state index contributed by atoms with van der Waals surface area (Å²) in [5.74, 6) is -1.69. The number of aromatic nitrogens is 3. The molecular weight excluding hydrogens is 378 g/mol. The van der Waals surface area contributed by atoms with Crippen LogP contribution in [0.1, 0.15) is 13.0 Å². The van der Waals surface area contributed by atoms with Crippen molar-refractivity contribution < 1.29 is 27.1 Å². The molecule has 0 bridgehead atoms. The van der Waals surface area contributed by atoms with Gasteiger partial charge in [0, 0.05) is 6.07 Å². The molecule has 3 rings (SSSR count). The number of aldehydes is 1. The zero-order chi connectivity index (χ0) is 18.2. The Balaban J connectivity index is 0.00000243. The summed E-state index contributed by atoms with van der Waals surface area (Å²) in [6.07, 6.45) is -4.11. The molecule has 0 N–H and O–H groups in total. The third-order valence-electron chi connectivity index (χ3n) is 3.28. The highest BCUT2D eigenvalue weighted by atomic mass is 35.5. The molecule has 0 saturated carbocycles. The zero-order valence-electron chi connectivity index (χ0n) is 12.2. The quantitative estimate of drug-likeness (QED) is 0.472. The molecule has 0 spiro atoms. The van der Waals surface area contributed by atoms with Crippen LogP contribution in [0.2, 0.25) is 5.02 Å². The first-order valence-corrected chi connectivity index (χ1v) is 7.18. The van der Waals surface area contributed by atoms with Gasteiger partial charge in [-0.1, -0.05) is 24.2 Å². The summed E-state index contributed by atoms with van der Waals surface area (Å²) >= 11 is 5.73. The van der Waals surface area contributed by atoms with Gasteiger partial charge in [-0.15, -0.1) is 5.10 Å². The number of fused-ring (bicyclic) bond motifs is 1. The van der Waals surface area contributed by atoms with E-state index in [0.717, 1.165) is 0 Å². The van der Waals surface area contributed by atoms with E-state index in [2.05, 4.69) is 10.3 Å². The first-order chi connectivity index (χ1) is 11.8. The molecule has 0 aliphatic rings. The fourth-order valence-electron chi connectivity index (χ4n) is 2.15. The predicted molar refractivity (Wildman–Crippen MR) is 86.8 cm³/mol. The number of halogens is 5. The zero-order valence-corrected chi connectivity index (χ0v) is 13.0. The minimum atomic E-state index is -4.73. The third-order valence-corrected chi connectivity index (χ3v) is 3.56. The Morgan fingerprint density at radius 2 is 1.96 bits per heavy atom. The molecule has 138 valence electrons. The van der Waals surface area contributed by atoms with Crippen molar-refractivity contribution in [2.45, 2.75) is 20.1 Å². The van der Waals surface area contributed by atoms with Crippen molar-refractivity contribution >= 4 is 28.9 Å². The van der Waals surface area contributed by atoms with Crippen molar-refractivity contribution in [3.8, 4) is 11.5 Å². The summed E-state index contributed by atoms with van der Waals surface area (Å²) in [5, 5.41) is 7.07. The Morgan fingerprint density at radius 3 is 2.58 bits per heavy atom. The second-order valence-corrected chi connectivity index (χ2v) is 5.36. The number of benzene rings is 2. The van der Waals surface area contributed by atoms with Crippen LogP contribution in [0.15, 0.2) is 30.3 Å². The maximum Gasteiger partial charge on any atom is 0.416 e.